The molecule has 3 atom stereocenters. The zero-order valence-corrected chi connectivity index (χ0v) is 25.6. The second kappa shape index (κ2) is 13.4. The minimum atomic E-state index is -1.35. The molecule has 0 aromatic heterocycles. The summed E-state index contributed by atoms with van der Waals surface area (Å²) in [6, 6.07) is 8.75. The van der Waals surface area contributed by atoms with E-state index in [2.05, 4.69) is 17.2 Å². The molecule has 13 heteroatoms. The summed E-state index contributed by atoms with van der Waals surface area (Å²) in [7, 11) is 1.55. The van der Waals surface area contributed by atoms with Crippen LogP contribution in [-0.2, 0) is 37.1 Å². The standard InChI is InChI=1S/C31H35N3O9S/c1-6-18-16-44-28-24(27(38)34(28)25(18)29(39)42-15-17-7-11-21(41-5)12-8-17)32-26(37)23(33-30(40)43-31(2,3)4)19-9-10-20(14-35)22(36)13-19/h6-13,23-24,28,35-36H,1,14-16H2,2-5H3,(H,32,37)(H,33,40)/t23-,24?,28+/m1/s1. The minimum Gasteiger partial charge on any atom is -0.508 e. The van der Waals surface area contributed by atoms with Crippen LogP contribution in [0.3, 0.4) is 0 Å². The average Bonchev–Trinajstić information content (AvgIpc) is 2.99. The van der Waals surface area contributed by atoms with Crippen molar-refractivity contribution in [2.45, 2.75) is 57.0 Å². The van der Waals surface area contributed by atoms with Gasteiger partial charge >= 0.3 is 12.1 Å². The second-order valence-corrected chi connectivity index (χ2v) is 12.1. The monoisotopic (exact) mass is 625 g/mol. The number of allylic oxidation sites excluding steroid dienone is 1. The van der Waals surface area contributed by atoms with Crippen molar-refractivity contribution in [2.75, 3.05) is 12.9 Å². The van der Waals surface area contributed by atoms with Crippen molar-refractivity contribution < 1.29 is 43.6 Å². The molecule has 3 amide bonds. The van der Waals surface area contributed by atoms with Gasteiger partial charge in [0.15, 0.2) is 0 Å². The zero-order chi connectivity index (χ0) is 32.2. The number of phenols is 1. The molecule has 0 radical (unpaired) electrons. The molecule has 1 saturated heterocycles. The van der Waals surface area contributed by atoms with E-state index in [4.69, 9.17) is 14.2 Å². The van der Waals surface area contributed by atoms with E-state index in [1.807, 2.05) is 0 Å². The Bertz CT molecular complexity index is 1480. The number of benzene rings is 2. The molecule has 2 aromatic rings. The number of thioether (sulfide) groups is 1. The number of β-lactam (4-membered cyclic amide) rings is 1. The number of alkyl carbamates (subject to hydrolysis) is 1. The van der Waals surface area contributed by atoms with Gasteiger partial charge in [0.1, 0.15) is 46.9 Å². The molecule has 0 saturated carbocycles. The number of rotatable bonds is 10. The molecular formula is C31H35N3O9S. The maximum Gasteiger partial charge on any atom is 0.408 e. The summed E-state index contributed by atoms with van der Waals surface area (Å²) in [6.07, 6.45) is 0.604. The van der Waals surface area contributed by atoms with Crippen LogP contribution in [0.15, 0.2) is 66.4 Å². The highest BCUT2D eigenvalue weighted by atomic mass is 32.2. The lowest BCUT2D eigenvalue weighted by atomic mass is 10.00. The topological polar surface area (TPSA) is 164 Å². The lowest BCUT2D eigenvalue weighted by molar-refractivity contribution is -0.153. The third kappa shape index (κ3) is 7.17. The number of methoxy groups -OCH3 is 1. The van der Waals surface area contributed by atoms with Crippen molar-refractivity contribution in [1.29, 1.82) is 0 Å². The predicted octanol–water partition coefficient (Wildman–Crippen LogP) is 3.04. The molecule has 2 aliphatic rings. The summed E-state index contributed by atoms with van der Waals surface area (Å²) < 4.78 is 16.0. The Hall–Kier alpha value is -4.49. The number of ether oxygens (including phenoxy) is 3. The van der Waals surface area contributed by atoms with Gasteiger partial charge in [0.05, 0.1) is 13.7 Å². The fourth-order valence-corrected chi connectivity index (χ4v) is 5.92. The molecule has 1 fully saturated rings. The number of fused-ring (bicyclic) bond motifs is 1. The number of aliphatic hydroxyl groups is 1. The maximum absolute atomic E-state index is 13.6. The van der Waals surface area contributed by atoms with E-state index in [-0.39, 0.29) is 29.2 Å². The van der Waals surface area contributed by atoms with Crippen molar-refractivity contribution in [2.24, 2.45) is 0 Å². The van der Waals surface area contributed by atoms with Crippen LogP contribution in [0.5, 0.6) is 11.5 Å². The number of nitrogens with zero attached hydrogens (tertiary/aromatic N) is 1. The first-order valence-electron chi connectivity index (χ1n) is 13.7. The summed E-state index contributed by atoms with van der Waals surface area (Å²) in [5, 5.41) is 24.3. The summed E-state index contributed by atoms with van der Waals surface area (Å²) in [5.74, 6) is -1.27. The quantitative estimate of drug-likeness (QED) is 0.228. The van der Waals surface area contributed by atoms with Crippen molar-refractivity contribution in [3.63, 3.8) is 0 Å². The fraction of sp³-hybridized carbons (Fsp3) is 0.355. The number of hydrogen-bond donors (Lipinski definition) is 4. The zero-order valence-electron chi connectivity index (χ0n) is 24.8. The van der Waals surface area contributed by atoms with Crippen LogP contribution in [0.1, 0.15) is 43.5 Å². The van der Waals surface area contributed by atoms with Gasteiger partial charge in [-0.1, -0.05) is 36.9 Å². The number of carbonyl (C=O) groups is 4. The third-order valence-corrected chi connectivity index (χ3v) is 8.10. The number of nitrogens with one attached hydrogen (secondary N) is 2. The van der Waals surface area contributed by atoms with E-state index in [1.165, 1.54) is 40.9 Å². The smallest absolute Gasteiger partial charge is 0.408 e. The molecular weight excluding hydrogens is 590 g/mol. The Morgan fingerprint density at radius 3 is 2.48 bits per heavy atom. The van der Waals surface area contributed by atoms with Gasteiger partial charge in [-0.3, -0.25) is 14.5 Å². The van der Waals surface area contributed by atoms with E-state index in [1.54, 1.807) is 52.1 Å². The van der Waals surface area contributed by atoms with E-state index < -0.39 is 53.5 Å². The molecule has 234 valence electrons. The first-order valence-corrected chi connectivity index (χ1v) is 14.7. The molecule has 2 aliphatic heterocycles. The van der Waals surface area contributed by atoms with Crippen molar-refractivity contribution in [3.8, 4) is 11.5 Å². The maximum atomic E-state index is 13.6. The van der Waals surface area contributed by atoms with Gasteiger partial charge in [0.2, 0.25) is 5.91 Å². The Kier molecular flexibility index (Phi) is 9.90. The van der Waals surface area contributed by atoms with Crippen molar-refractivity contribution in [1.82, 2.24) is 15.5 Å². The molecule has 2 aromatic carbocycles. The summed E-state index contributed by atoms with van der Waals surface area (Å²) >= 11 is 1.34. The number of aliphatic hydroxyl groups excluding tert-OH is 1. The van der Waals surface area contributed by atoms with E-state index >= 15 is 0 Å². The third-order valence-electron chi connectivity index (χ3n) is 6.80. The molecule has 44 heavy (non-hydrogen) atoms. The van der Waals surface area contributed by atoms with Gasteiger partial charge in [-0.05, 0) is 55.7 Å². The SMILES string of the molecule is C=CC1=C(C(=O)OCc2ccc(OC)cc2)N2C(=O)C(NC(=O)[C@H](NC(=O)OC(C)(C)C)c3ccc(CO)c(O)c3)[C@@H]2SC1. The number of aromatic hydroxyl groups is 1. The van der Waals surface area contributed by atoms with Crippen LogP contribution in [0.25, 0.3) is 0 Å². The van der Waals surface area contributed by atoms with Gasteiger partial charge in [0, 0.05) is 11.3 Å². The highest BCUT2D eigenvalue weighted by Crippen LogP contribution is 2.41. The highest BCUT2D eigenvalue weighted by molar-refractivity contribution is 8.00. The van der Waals surface area contributed by atoms with Gasteiger partial charge in [-0.15, -0.1) is 11.8 Å². The molecule has 0 bridgehead atoms. The molecule has 4 rings (SSSR count). The number of carbonyl (C=O) groups excluding carboxylic acids is 4. The minimum absolute atomic E-state index is 0.0311. The first-order chi connectivity index (χ1) is 20.9. The second-order valence-electron chi connectivity index (χ2n) is 11.0. The number of amides is 3. The van der Waals surface area contributed by atoms with Crippen molar-refractivity contribution in [3.05, 3.63) is 83.1 Å². The first kappa shape index (κ1) is 32.4. The molecule has 0 spiro atoms. The Morgan fingerprint density at radius 1 is 1.18 bits per heavy atom. The van der Waals surface area contributed by atoms with Crippen LogP contribution in [0.2, 0.25) is 0 Å². The van der Waals surface area contributed by atoms with E-state index in [0.717, 1.165) is 5.56 Å². The van der Waals surface area contributed by atoms with Gasteiger partial charge in [-0.25, -0.2) is 9.59 Å². The normalized spacial score (nSPS) is 18.4. The van der Waals surface area contributed by atoms with Crippen molar-refractivity contribution >= 4 is 35.6 Å². The van der Waals surface area contributed by atoms with Crippen LogP contribution in [0.4, 0.5) is 4.79 Å². The number of esters is 1. The van der Waals surface area contributed by atoms with Crippen LogP contribution in [-0.4, -0.2) is 68.9 Å². The Balaban J connectivity index is 1.50. The Labute approximate surface area is 259 Å². The van der Waals surface area contributed by atoms with Crippen LogP contribution in [0, 0.1) is 0 Å². The summed E-state index contributed by atoms with van der Waals surface area (Å²) in [4.78, 5) is 54.0. The van der Waals surface area contributed by atoms with Gasteiger partial charge in [-0.2, -0.15) is 0 Å². The van der Waals surface area contributed by atoms with E-state index in [9.17, 15) is 29.4 Å². The van der Waals surface area contributed by atoms with Gasteiger partial charge < -0.3 is 35.1 Å². The lowest BCUT2D eigenvalue weighted by Crippen LogP contribution is -2.71. The predicted molar refractivity (Wildman–Crippen MR) is 161 cm³/mol. The Morgan fingerprint density at radius 2 is 1.89 bits per heavy atom. The van der Waals surface area contributed by atoms with E-state index in [0.29, 0.717) is 17.1 Å². The molecule has 12 nitrogen and oxygen atoms in total. The highest BCUT2D eigenvalue weighted by Gasteiger charge is 2.54. The molecule has 0 aliphatic carbocycles. The van der Waals surface area contributed by atoms with Crippen LogP contribution >= 0.6 is 11.8 Å². The summed E-state index contributed by atoms with van der Waals surface area (Å²) in [5.41, 5.74) is 0.867. The van der Waals surface area contributed by atoms with Crippen LogP contribution < -0.4 is 15.4 Å². The largest absolute Gasteiger partial charge is 0.508 e. The molecule has 1 unspecified atom stereocenters. The number of hydrogen-bond acceptors (Lipinski definition) is 10. The molecule has 4 N–H and O–H groups in total. The summed E-state index contributed by atoms with van der Waals surface area (Å²) in [6.45, 7) is 8.30. The lowest BCUT2D eigenvalue weighted by Gasteiger charge is -2.49. The fourth-order valence-electron chi connectivity index (χ4n) is 4.58. The molecule has 2 heterocycles. The van der Waals surface area contributed by atoms with Gasteiger partial charge in [0.25, 0.3) is 5.91 Å². The average molecular weight is 626 g/mol.